The summed E-state index contributed by atoms with van der Waals surface area (Å²) < 4.78 is 6.56. The van der Waals surface area contributed by atoms with Crippen LogP contribution in [0.5, 0.6) is 0 Å². The Hall–Kier alpha value is -3.65. The number of aromatic nitrogens is 5. The van der Waals surface area contributed by atoms with Crippen molar-refractivity contribution < 1.29 is 4.74 Å². The molecule has 4 aromatic heterocycles. The maximum atomic E-state index is 12.8. The molecule has 5 heterocycles. The minimum Gasteiger partial charge on any atom is -0.378 e. The Morgan fingerprint density at radius 1 is 1.12 bits per heavy atom. The van der Waals surface area contributed by atoms with Crippen molar-refractivity contribution >= 4 is 11.5 Å². The van der Waals surface area contributed by atoms with Gasteiger partial charge in [-0.1, -0.05) is 0 Å². The van der Waals surface area contributed by atoms with Gasteiger partial charge in [-0.15, -0.1) is 5.10 Å². The number of ether oxygens (including phenoxy) is 1. The van der Waals surface area contributed by atoms with Gasteiger partial charge in [0.25, 0.3) is 5.56 Å². The van der Waals surface area contributed by atoms with E-state index in [9.17, 15) is 4.79 Å². The molecule has 0 spiro atoms. The third-order valence-electron chi connectivity index (χ3n) is 6.36. The highest BCUT2D eigenvalue weighted by atomic mass is 16.5. The number of pyridine rings is 2. The Morgan fingerprint density at radius 2 is 1.97 bits per heavy atom. The van der Waals surface area contributed by atoms with Crippen LogP contribution in [0, 0.1) is 20.8 Å². The molecular weight excluding hydrogens is 416 g/mol. The average Bonchev–Trinajstić information content (AvgIpc) is 2.81. The third-order valence-corrected chi connectivity index (χ3v) is 6.36. The molecule has 0 amide bonds. The Bertz CT molecular complexity index is 1430. The molecule has 0 saturated heterocycles. The van der Waals surface area contributed by atoms with Crippen molar-refractivity contribution in [3.63, 3.8) is 0 Å². The predicted molar refractivity (Wildman–Crippen MR) is 126 cm³/mol. The summed E-state index contributed by atoms with van der Waals surface area (Å²) in [6.45, 7) is 7.86. The summed E-state index contributed by atoms with van der Waals surface area (Å²) in [6.07, 6.45) is 6.44. The molecule has 0 aliphatic carbocycles. The molecule has 4 aromatic rings. The molecule has 1 aliphatic rings. The van der Waals surface area contributed by atoms with Crippen LogP contribution in [0.25, 0.3) is 16.8 Å². The lowest BCUT2D eigenvalue weighted by Crippen LogP contribution is -2.34. The maximum Gasteiger partial charge on any atom is 0.274 e. The van der Waals surface area contributed by atoms with Gasteiger partial charge >= 0.3 is 0 Å². The summed E-state index contributed by atoms with van der Waals surface area (Å²) in [5.41, 5.74) is 8.53. The smallest absolute Gasteiger partial charge is 0.274 e. The van der Waals surface area contributed by atoms with Crippen molar-refractivity contribution in [2.45, 2.75) is 40.3 Å². The van der Waals surface area contributed by atoms with E-state index >= 15 is 0 Å². The molecule has 0 aromatic carbocycles. The fourth-order valence-corrected chi connectivity index (χ4v) is 4.41. The molecule has 168 valence electrons. The number of aryl methyl sites for hydroxylation is 2. The number of nitrogens with zero attached hydrogens (tertiary/aromatic N) is 6. The maximum absolute atomic E-state index is 12.8. The van der Waals surface area contributed by atoms with Crippen LogP contribution < -0.4 is 10.5 Å². The summed E-state index contributed by atoms with van der Waals surface area (Å²) in [5.74, 6) is 0.803. The molecule has 0 atom stereocenters. The molecule has 0 saturated carbocycles. The third kappa shape index (κ3) is 3.76. The standard InChI is InChI=1S/C25H26N6O2/c1-15-5-7-26-12-21(15)18-9-19-13-30(8-6-22(19)27-11-18)25-17(3)16(2)24-28-20(14-33-4)10-23(32)31(24)29-25/h5,7,9-12H,6,8,13-14H2,1-4H3. The van der Waals surface area contributed by atoms with E-state index in [-0.39, 0.29) is 5.56 Å². The second kappa shape index (κ2) is 8.37. The van der Waals surface area contributed by atoms with Gasteiger partial charge < -0.3 is 9.64 Å². The van der Waals surface area contributed by atoms with Gasteiger partial charge in [0.2, 0.25) is 0 Å². The van der Waals surface area contributed by atoms with Crippen molar-refractivity contribution in [2.24, 2.45) is 0 Å². The highest BCUT2D eigenvalue weighted by Crippen LogP contribution is 2.30. The zero-order valence-electron chi connectivity index (χ0n) is 19.3. The molecule has 8 nitrogen and oxygen atoms in total. The van der Waals surface area contributed by atoms with E-state index in [0.29, 0.717) is 24.5 Å². The Kier molecular flexibility index (Phi) is 5.38. The largest absolute Gasteiger partial charge is 0.378 e. The van der Waals surface area contributed by atoms with Crippen LogP contribution in [0.2, 0.25) is 0 Å². The van der Waals surface area contributed by atoms with E-state index < -0.39 is 0 Å². The van der Waals surface area contributed by atoms with Crippen LogP contribution in [0.15, 0.2) is 41.6 Å². The summed E-state index contributed by atoms with van der Waals surface area (Å²) in [7, 11) is 1.59. The van der Waals surface area contributed by atoms with E-state index in [4.69, 9.17) is 14.8 Å². The van der Waals surface area contributed by atoms with E-state index in [1.54, 1.807) is 13.3 Å². The minimum absolute atomic E-state index is 0.204. The SMILES string of the molecule is COCc1cc(=O)n2nc(N3CCc4ncc(-c5cnccc5C)cc4C3)c(C)c(C)c2n1. The fourth-order valence-electron chi connectivity index (χ4n) is 4.41. The van der Waals surface area contributed by atoms with Crippen molar-refractivity contribution in [1.82, 2.24) is 24.6 Å². The first-order valence-electron chi connectivity index (χ1n) is 11.0. The summed E-state index contributed by atoms with van der Waals surface area (Å²) in [4.78, 5) is 28.6. The molecule has 0 fully saturated rings. The lowest BCUT2D eigenvalue weighted by Gasteiger charge is -2.31. The topological polar surface area (TPSA) is 85.5 Å². The minimum atomic E-state index is -0.204. The molecule has 0 bridgehead atoms. The number of anilines is 1. The first-order chi connectivity index (χ1) is 16.0. The lowest BCUT2D eigenvalue weighted by molar-refractivity contribution is 0.181. The lowest BCUT2D eigenvalue weighted by atomic mass is 9.98. The first kappa shape index (κ1) is 21.2. The van der Waals surface area contributed by atoms with Crippen molar-refractivity contribution in [3.8, 4) is 11.1 Å². The summed E-state index contributed by atoms with van der Waals surface area (Å²) >= 11 is 0. The number of methoxy groups -OCH3 is 1. The van der Waals surface area contributed by atoms with Gasteiger partial charge in [0, 0.05) is 79.2 Å². The van der Waals surface area contributed by atoms with Gasteiger partial charge in [-0.05, 0) is 44.0 Å². The fraction of sp³-hybridized carbons (Fsp3) is 0.320. The van der Waals surface area contributed by atoms with Crippen LogP contribution in [-0.2, 0) is 24.3 Å². The van der Waals surface area contributed by atoms with E-state index in [0.717, 1.165) is 46.7 Å². The summed E-state index contributed by atoms with van der Waals surface area (Å²) in [5, 5.41) is 4.72. The highest BCUT2D eigenvalue weighted by Gasteiger charge is 2.23. The van der Waals surface area contributed by atoms with E-state index in [1.807, 2.05) is 32.3 Å². The van der Waals surface area contributed by atoms with Crippen LogP contribution in [0.3, 0.4) is 0 Å². The Morgan fingerprint density at radius 3 is 2.76 bits per heavy atom. The number of fused-ring (bicyclic) bond motifs is 2. The second-order valence-electron chi connectivity index (χ2n) is 8.52. The van der Waals surface area contributed by atoms with Crippen LogP contribution >= 0.6 is 0 Å². The van der Waals surface area contributed by atoms with Crippen molar-refractivity contribution in [2.75, 3.05) is 18.6 Å². The van der Waals surface area contributed by atoms with E-state index in [2.05, 4.69) is 27.9 Å². The first-order valence-corrected chi connectivity index (χ1v) is 11.0. The Labute approximate surface area is 191 Å². The van der Waals surface area contributed by atoms with Crippen LogP contribution in [0.1, 0.15) is 33.6 Å². The number of hydrogen-bond donors (Lipinski definition) is 0. The number of rotatable bonds is 4. The quantitative estimate of drug-likeness (QED) is 0.480. The average molecular weight is 443 g/mol. The molecule has 33 heavy (non-hydrogen) atoms. The zero-order valence-corrected chi connectivity index (χ0v) is 19.3. The van der Waals surface area contributed by atoms with Gasteiger partial charge in [0.1, 0.15) is 0 Å². The molecular formula is C25H26N6O2. The second-order valence-corrected chi connectivity index (χ2v) is 8.52. The number of hydrogen-bond acceptors (Lipinski definition) is 7. The van der Waals surface area contributed by atoms with Crippen molar-refractivity contribution in [3.05, 3.63) is 80.8 Å². The van der Waals surface area contributed by atoms with Crippen LogP contribution in [-0.4, -0.2) is 38.2 Å². The highest BCUT2D eigenvalue weighted by molar-refractivity contribution is 5.67. The molecule has 1 aliphatic heterocycles. The Balaban J connectivity index is 1.55. The van der Waals surface area contributed by atoms with Crippen LogP contribution in [0.4, 0.5) is 5.82 Å². The summed E-state index contributed by atoms with van der Waals surface area (Å²) in [6, 6.07) is 5.70. The molecule has 8 heteroatoms. The van der Waals surface area contributed by atoms with Gasteiger partial charge in [0.05, 0.1) is 12.3 Å². The molecule has 0 unspecified atom stereocenters. The van der Waals surface area contributed by atoms with Gasteiger partial charge in [-0.25, -0.2) is 4.98 Å². The zero-order chi connectivity index (χ0) is 23.1. The van der Waals surface area contributed by atoms with E-state index in [1.165, 1.54) is 21.7 Å². The predicted octanol–water partition coefficient (Wildman–Crippen LogP) is 3.18. The van der Waals surface area contributed by atoms with Gasteiger partial charge in [-0.3, -0.25) is 14.8 Å². The normalized spacial score (nSPS) is 13.4. The van der Waals surface area contributed by atoms with Gasteiger partial charge in [0.15, 0.2) is 11.5 Å². The van der Waals surface area contributed by atoms with Crippen molar-refractivity contribution in [1.29, 1.82) is 0 Å². The van der Waals surface area contributed by atoms with Gasteiger partial charge in [-0.2, -0.15) is 4.52 Å². The monoisotopic (exact) mass is 442 g/mol. The molecule has 0 radical (unpaired) electrons. The molecule has 5 rings (SSSR count). The molecule has 0 N–H and O–H groups in total.